The first-order valence-corrected chi connectivity index (χ1v) is 26.2. The molecule has 0 saturated carbocycles. The minimum Gasteiger partial charge on any atom is -0.478 e. The van der Waals surface area contributed by atoms with E-state index in [4.69, 9.17) is 23.1 Å². The van der Waals surface area contributed by atoms with E-state index in [0.29, 0.717) is 25.7 Å². The molecule has 0 amide bonds. The predicted octanol–water partition coefficient (Wildman–Crippen LogP) is 11.3. The number of ether oxygens (including phenoxy) is 3. The van der Waals surface area contributed by atoms with Crippen LogP contribution in [0.1, 0.15) is 99.5 Å². The standard InChI is InChI=1S/C45H68O7Si2/c1-14-38(49-42-30(3)20-21-31-17-15-16-18-37(31)42)43(47)50-39-27-34(51-53(10,11)44(4,5)6)25-32-22-19-29(2)36(41(32)39)24-23-33-26-35(28-40(46)48-33)52-54(12,13)45(7,8)9/h15-22,25,29,33-36,38-39,41H,14,23-24,26-28H2,1-13H3/t29-,33+,34+,35+,36-,38?,39-,41-/m0/s1. The van der Waals surface area contributed by atoms with Crippen LogP contribution in [-0.4, -0.2) is 59.1 Å². The lowest BCUT2D eigenvalue weighted by Gasteiger charge is -2.46. The Kier molecular flexibility index (Phi) is 12.9. The molecule has 1 fully saturated rings. The Morgan fingerprint density at radius 2 is 1.59 bits per heavy atom. The maximum Gasteiger partial charge on any atom is 0.347 e. The number of aryl methyl sites for hydroxylation is 1. The highest BCUT2D eigenvalue weighted by Crippen LogP contribution is 2.47. The van der Waals surface area contributed by atoms with E-state index in [1.807, 2.05) is 38.1 Å². The summed E-state index contributed by atoms with van der Waals surface area (Å²) in [5.74, 6) is 0.647. The topological polar surface area (TPSA) is 80.3 Å². The monoisotopic (exact) mass is 776 g/mol. The molecule has 54 heavy (non-hydrogen) atoms. The summed E-state index contributed by atoms with van der Waals surface area (Å²) in [5, 5.41) is 2.16. The van der Waals surface area contributed by atoms with E-state index >= 15 is 0 Å². The fraction of sp³-hybridized carbons (Fsp3) is 0.644. The quantitative estimate of drug-likeness (QED) is 0.157. The van der Waals surface area contributed by atoms with Crippen molar-refractivity contribution in [1.29, 1.82) is 0 Å². The normalized spacial score (nSPS) is 27.2. The number of carbonyl (C=O) groups excluding carboxylic acids is 2. The van der Waals surface area contributed by atoms with Gasteiger partial charge in [-0.2, -0.15) is 0 Å². The van der Waals surface area contributed by atoms with Gasteiger partial charge in [0.05, 0.1) is 18.6 Å². The van der Waals surface area contributed by atoms with Crippen molar-refractivity contribution >= 4 is 39.3 Å². The second-order valence-electron chi connectivity index (χ2n) is 19.3. The lowest BCUT2D eigenvalue weighted by molar-refractivity contribution is -0.164. The Morgan fingerprint density at radius 3 is 2.26 bits per heavy atom. The van der Waals surface area contributed by atoms with Crippen LogP contribution < -0.4 is 4.74 Å². The van der Waals surface area contributed by atoms with Crippen molar-refractivity contribution < 1.29 is 32.7 Å². The number of hydrogen-bond acceptors (Lipinski definition) is 7. The molecule has 2 aromatic carbocycles. The van der Waals surface area contributed by atoms with Crippen molar-refractivity contribution in [2.24, 2.45) is 17.8 Å². The van der Waals surface area contributed by atoms with E-state index < -0.39 is 22.7 Å². The molecule has 0 N–H and O–H groups in total. The zero-order chi connectivity index (χ0) is 39.8. The van der Waals surface area contributed by atoms with Crippen molar-refractivity contribution in [2.45, 2.75) is 168 Å². The molecule has 1 aliphatic heterocycles. The lowest BCUT2D eigenvalue weighted by atomic mass is 9.66. The Balaban J connectivity index is 1.39. The van der Waals surface area contributed by atoms with Gasteiger partial charge >= 0.3 is 11.9 Å². The molecular formula is C45H68O7Si2. The third kappa shape index (κ3) is 9.62. The first-order valence-electron chi connectivity index (χ1n) is 20.4. The van der Waals surface area contributed by atoms with Crippen LogP contribution >= 0.6 is 0 Å². The van der Waals surface area contributed by atoms with Crippen LogP contribution in [0.2, 0.25) is 36.3 Å². The van der Waals surface area contributed by atoms with E-state index in [1.54, 1.807) is 0 Å². The summed E-state index contributed by atoms with van der Waals surface area (Å²) in [5.41, 5.74) is 2.15. The summed E-state index contributed by atoms with van der Waals surface area (Å²) in [4.78, 5) is 27.2. The van der Waals surface area contributed by atoms with Crippen LogP contribution in [0.25, 0.3) is 10.8 Å². The van der Waals surface area contributed by atoms with Gasteiger partial charge in [0, 0.05) is 24.1 Å². The Morgan fingerprint density at radius 1 is 0.926 bits per heavy atom. The van der Waals surface area contributed by atoms with Gasteiger partial charge in [0.15, 0.2) is 22.7 Å². The van der Waals surface area contributed by atoms with Gasteiger partial charge in [-0.25, -0.2) is 4.79 Å². The van der Waals surface area contributed by atoms with Crippen LogP contribution in [0.3, 0.4) is 0 Å². The second-order valence-corrected chi connectivity index (χ2v) is 28.8. The number of hydrogen-bond donors (Lipinski definition) is 0. The molecule has 0 spiro atoms. The van der Waals surface area contributed by atoms with E-state index in [-0.39, 0.29) is 64.2 Å². The molecule has 298 valence electrons. The van der Waals surface area contributed by atoms with Gasteiger partial charge in [-0.1, -0.05) is 110 Å². The zero-order valence-electron chi connectivity index (χ0n) is 35.4. The fourth-order valence-electron chi connectivity index (χ4n) is 7.86. The molecule has 2 aliphatic carbocycles. The maximum atomic E-state index is 14.3. The Hall–Kier alpha value is -2.73. The summed E-state index contributed by atoms with van der Waals surface area (Å²) in [6, 6.07) is 12.3. The number of cyclic esters (lactones) is 1. The van der Waals surface area contributed by atoms with Gasteiger partial charge < -0.3 is 23.1 Å². The number of allylic oxidation sites excluding steroid dienone is 2. The summed E-state index contributed by atoms with van der Waals surface area (Å²) in [6.45, 7) is 28.8. The summed E-state index contributed by atoms with van der Waals surface area (Å²) >= 11 is 0. The van der Waals surface area contributed by atoms with Crippen molar-refractivity contribution in [2.75, 3.05) is 0 Å². The van der Waals surface area contributed by atoms with Crippen LogP contribution in [-0.2, 0) is 27.9 Å². The van der Waals surface area contributed by atoms with E-state index in [2.05, 4.69) is 105 Å². The lowest BCUT2D eigenvalue weighted by Crippen LogP contribution is -2.49. The van der Waals surface area contributed by atoms with Gasteiger partial charge in [0.2, 0.25) is 0 Å². The summed E-state index contributed by atoms with van der Waals surface area (Å²) in [6.07, 6.45) is 8.86. The van der Waals surface area contributed by atoms with Gasteiger partial charge in [0.25, 0.3) is 0 Å². The average Bonchev–Trinajstić information content (AvgIpc) is 3.06. The molecular weight excluding hydrogens is 709 g/mol. The molecule has 0 radical (unpaired) electrons. The van der Waals surface area contributed by atoms with Crippen LogP contribution in [0, 0.1) is 24.7 Å². The molecule has 0 bridgehead atoms. The number of rotatable bonds is 12. The highest BCUT2D eigenvalue weighted by atomic mass is 28.4. The molecule has 7 nitrogen and oxygen atoms in total. The molecule has 1 unspecified atom stereocenters. The SMILES string of the molecule is CCC(Oc1c(C)ccc2ccccc12)C(=O)O[C@H]1C[C@H](O[Si](C)(C)C(C)(C)C)C=C2C=C[C@H](C)[C@H](CC[C@@H]3C[C@@H](O[Si](C)(C)C(C)(C)C)CC(=O)O3)[C@H]21. The molecule has 8 atom stereocenters. The van der Waals surface area contributed by atoms with Gasteiger partial charge in [0.1, 0.15) is 18.0 Å². The number of carbonyl (C=O) groups is 2. The highest BCUT2D eigenvalue weighted by molar-refractivity contribution is 6.74. The largest absolute Gasteiger partial charge is 0.478 e. The number of fused-ring (bicyclic) bond motifs is 2. The first-order chi connectivity index (χ1) is 25.1. The van der Waals surface area contributed by atoms with Gasteiger partial charge in [-0.05, 0) is 90.8 Å². The molecule has 3 aliphatic rings. The van der Waals surface area contributed by atoms with Crippen molar-refractivity contribution in [3.8, 4) is 5.75 Å². The molecule has 1 heterocycles. The van der Waals surface area contributed by atoms with Crippen LogP contribution in [0.4, 0.5) is 0 Å². The number of benzene rings is 2. The number of esters is 2. The van der Waals surface area contributed by atoms with Crippen molar-refractivity contribution in [1.82, 2.24) is 0 Å². The second kappa shape index (κ2) is 16.4. The van der Waals surface area contributed by atoms with Gasteiger partial charge in [-0.15, -0.1) is 0 Å². The van der Waals surface area contributed by atoms with Crippen molar-refractivity contribution in [3.63, 3.8) is 0 Å². The summed E-state index contributed by atoms with van der Waals surface area (Å²) < 4.78 is 32.9. The molecule has 2 aromatic rings. The Bertz CT molecular complexity index is 1710. The zero-order valence-corrected chi connectivity index (χ0v) is 37.4. The van der Waals surface area contributed by atoms with E-state index in [0.717, 1.165) is 34.9 Å². The maximum absolute atomic E-state index is 14.3. The van der Waals surface area contributed by atoms with Crippen molar-refractivity contribution in [3.05, 3.63) is 65.8 Å². The third-order valence-electron chi connectivity index (χ3n) is 13.2. The van der Waals surface area contributed by atoms with Gasteiger partial charge in [-0.3, -0.25) is 4.79 Å². The Labute approximate surface area is 327 Å². The van der Waals surface area contributed by atoms with Crippen LogP contribution in [0.5, 0.6) is 5.75 Å². The van der Waals surface area contributed by atoms with E-state index in [1.165, 1.54) is 5.57 Å². The minimum absolute atomic E-state index is 0.0106. The first kappa shape index (κ1) is 42.4. The predicted molar refractivity (Wildman–Crippen MR) is 224 cm³/mol. The van der Waals surface area contributed by atoms with Crippen LogP contribution in [0.15, 0.2) is 60.2 Å². The van der Waals surface area contributed by atoms with E-state index in [9.17, 15) is 9.59 Å². The third-order valence-corrected chi connectivity index (χ3v) is 22.2. The molecule has 9 heteroatoms. The highest BCUT2D eigenvalue weighted by Gasteiger charge is 2.47. The smallest absolute Gasteiger partial charge is 0.347 e. The fourth-order valence-corrected chi connectivity index (χ4v) is 10.5. The molecule has 1 saturated heterocycles. The minimum atomic E-state index is -2.13. The summed E-state index contributed by atoms with van der Waals surface area (Å²) in [7, 11) is -4.18. The average molecular weight is 777 g/mol. The molecule has 5 rings (SSSR count). The molecule has 0 aromatic heterocycles.